The summed E-state index contributed by atoms with van der Waals surface area (Å²) in [7, 11) is 12.6. The summed E-state index contributed by atoms with van der Waals surface area (Å²) in [5, 5.41) is 1.27. The van der Waals surface area contributed by atoms with Crippen LogP contribution in [0.15, 0.2) is 60.7 Å². The van der Waals surface area contributed by atoms with Crippen LogP contribution in [0.2, 0.25) is 0 Å². The molecule has 2 saturated carbocycles. The van der Waals surface area contributed by atoms with Gasteiger partial charge < -0.3 is 12.8 Å². The van der Waals surface area contributed by atoms with Gasteiger partial charge >= 0.3 is 35.0 Å². The maximum atomic E-state index is 4.81. The van der Waals surface area contributed by atoms with E-state index < -0.39 is 0 Å². The van der Waals surface area contributed by atoms with Crippen LogP contribution in [0, 0.1) is 12.8 Å². The molecule has 0 heterocycles. The summed E-state index contributed by atoms with van der Waals surface area (Å²) in [5.41, 5.74) is 9.93. The monoisotopic (exact) mass is 730 g/mol. The van der Waals surface area contributed by atoms with Crippen LogP contribution in [0.25, 0.3) is 22.3 Å². The van der Waals surface area contributed by atoms with Crippen LogP contribution >= 0.6 is 28.3 Å². The molecule has 0 spiro atoms. The van der Waals surface area contributed by atoms with Gasteiger partial charge in [-0.3, -0.25) is 0 Å². The third kappa shape index (κ3) is 12.9. The van der Waals surface area contributed by atoms with Crippen molar-refractivity contribution in [3.05, 3.63) is 90.2 Å². The Bertz CT molecular complexity index is 1130. The number of rotatable bonds is 5. The molecule has 242 valence electrons. The van der Waals surface area contributed by atoms with Gasteiger partial charge in [0.15, 0.2) is 0 Å². The normalized spacial score (nSPS) is 14.8. The molecule has 0 aliphatic heterocycles. The topological polar surface area (TPSA) is 0 Å². The molecule has 0 aromatic heterocycles. The van der Waals surface area contributed by atoms with E-state index in [1.807, 2.05) is 0 Å². The van der Waals surface area contributed by atoms with Crippen molar-refractivity contribution in [2.24, 2.45) is 0 Å². The van der Waals surface area contributed by atoms with Crippen molar-refractivity contribution in [2.45, 2.75) is 124 Å². The molecule has 2 aliphatic carbocycles. The van der Waals surface area contributed by atoms with Gasteiger partial charge in [0.1, 0.15) is 0 Å². The average molecular weight is 732 g/mol. The Morgan fingerprint density at radius 1 is 0.605 bits per heavy atom. The van der Waals surface area contributed by atoms with Gasteiger partial charge in [0.25, 0.3) is 0 Å². The minimum absolute atomic E-state index is 0.106. The number of halogens is 2. The van der Waals surface area contributed by atoms with E-state index in [1.54, 1.807) is 0 Å². The molecule has 0 N–H and O–H groups in total. The van der Waals surface area contributed by atoms with Crippen LogP contribution in [0.5, 0.6) is 0 Å². The molecule has 5 rings (SSSR count). The zero-order valence-corrected chi connectivity index (χ0v) is 31.6. The molecule has 4 heteroatoms. The van der Waals surface area contributed by atoms with Crippen molar-refractivity contribution < 1.29 is 15.9 Å². The van der Waals surface area contributed by atoms with Crippen molar-refractivity contribution >= 4 is 33.6 Å². The van der Waals surface area contributed by atoms with Gasteiger partial charge in [-0.25, -0.2) is 0 Å². The molecule has 0 saturated heterocycles. The number of hydrogen-bond acceptors (Lipinski definition) is 0. The summed E-state index contributed by atoms with van der Waals surface area (Å²) in [6.07, 6.45) is 19.0. The quantitative estimate of drug-likeness (QED) is 0.139. The van der Waals surface area contributed by atoms with E-state index in [0.717, 1.165) is 0 Å². The van der Waals surface area contributed by atoms with Gasteiger partial charge in [-0.2, -0.15) is 25.7 Å². The Balaban J connectivity index is 0.000000348. The fraction of sp³-hybridized carbons (Fsp3) is 0.487. The van der Waals surface area contributed by atoms with Crippen molar-refractivity contribution in [2.75, 3.05) is 0 Å². The summed E-state index contributed by atoms with van der Waals surface area (Å²) in [6.45, 7) is 14.0. The van der Waals surface area contributed by atoms with Gasteiger partial charge in [-0.05, 0) is 62.0 Å². The molecule has 1 unspecified atom stereocenters. The van der Waals surface area contributed by atoms with Crippen LogP contribution in [0.4, 0.5) is 0 Å². The van der Waals surface area contributed by atoms with Crippen LogP contribution in [0.1, 0.15) is 140 Å². The molecule has 0 radical (unpaired) electrons. The maximum absolute atomic E-state index is 4.81. The Labute approximate surface area is 283 Å². The van der Waals surface area contributed by atoms with E-state index in [4.69, 9.17) is 19.1 Å². The van der Waals surface area contributed by atoms with Crippen molar-refractivity contribution in [1.29, 1.82) is 0 Å². The number of hydrogen-bond donors (Lipinski definition) is 0. The second-order valence-electron chi connectivity index (χ2n) is 12.5. The van der Waals surface area contributed by atoms with Crippen LogP contribution in [-0.2, 0) is 15.9 Å². The second-order valence-corrected chi connectivity index (χ2v) is 15.5. The predicted molar refractivity (Wildman–Crippen MR) is 195 cm³/mol. The first-order chi connectivity index (χ1) is 20.7. The molecule has 3 aromatic carbocycles. The minimum atomic E-state index is -0.106. The van der Waals surface area contributed by atoms with Crippen LogP contribution in [-0.4, -0.2) is 0 Å². The Kier molecular flexibility index (Phi) is 19.7. The zero-order chi connectivity index (χ0) is 31.6. The molecule has 2 aliphatic rings. The first-order valence-electron chi connectivity index (χ1n) is 16.3. The van der Waals surface area contributed by atoms with E-state index in [9.17, 15) is 0 Å². The summed E-state index contributed by atoms with van der Waals surface area (Å²) in [5.74, 6) is 1.39. The summed E-state index contributed by atoms with van der Waals surface area (Å²) in [6, 6.07) is 22.2. The van der Waals surface area contributed by atoms with Gasteiger partial charge in [0, 0.05) is 0 Å². The molecule has 0 bridgehead atoms. The van der Waals surface area contributed by atoms with Crippen molar-refractivity contribution in [3.8, 4) is 22.3 Å². The molecular weight excluding hydrogens is 677 g/mol. The molecule has 43 heavy (non-hydrogen) atoms. The number of benzene rings is 3. The van der Waals surface area contributed by atoms with Crippen LogP contribution in [0.3, 0.4) is 0 Å². The average Bonchev–Trinajstić information content (AvgIpc) is 3.03. The third-order valence-electron chi connectivity index (χ3n) is 8.17. The predicted octanol–water partition coefficient (Wildman–Crippen LogP) is 13.6. The fourth-order valence-corrected chi connectivity index (χ4v) is 6.34. The fourth-order valence-electron chi connectivity index (χ4n) is 5.99. The second kappa shape index (κ2) is 22.0. The van der Waals surface area contributed by atoms with Gasteiger partial charge in [-0.15, -0.1) is 9.24 Å². The van der Waals surface area contributed by atoms with Gasteiger partial charge in [0.05, 0.1) is 0 Å². The first-order valence-corrected chi connectivity index (χ1v) is 20.9. The van der Waals surface area contributed by atoms with Gasteiger partial charge in [-0.1, -0.05) is 141 Å². The van der Waals surface area contributed by atoms with Crippen LogP contribution < -0.4 is 5.30 Å². The standard InChI is InChI=1S/C27H33P.2C6H11.2ClH.Pd/c1-17(2)22-16-23(18(3)4)27(21-14-10-11-15-24(21)28)25(19(5)6)26(22)20-12-8-7-9-13-20;2*1-2-4-6-5-3-1;;;/h7-19H,28H2,1-6H3;2*1H,2-6H2;2*1H;/q;2*-1;;;+2/p-2. The molecular formula is C39H55Cl2PPd-2. The van der Waals surface area contributed by atoms with Gasteiger partial charge in [0.2, 0.25) is 0 Å². The third-order valence-corrected chi connectivity index (χ3v) is 8.68. The molecule has 2 fully saturated rings. The first kappa shape index (κ1) is 38.5. The zero-order valence-electron chi connectivity index (χ0n) is 27.4. The Morgan fingerprint density at radius 3 is 1.42 bits per heavy atom. The Morgan fingerprint density at radius 2 is 1.05 bits per heavy atom. The van der Waals surface area contributed by atoms with E-state index >= 15 is 0 Å². The molecule has 0 nitrogen and oxygen atoms in total. The molecule has 1 atom stereocenters. The molecule has 0 amide bonds. The van der Waals surface area contributed by atoms with E-state index in [2.05, 4.69) is 124 Å². The molecule has 3 aromatic rings. The summed E-state index contributed by atoms with van der Waals surface area (Å²) >= 11 is -0.106. The Hall–Kier alpha value is -0.668. The van der Waals surface area contributed by atoms with E-state index in [-0.39, 0.29) is 15.9 Å². The summed E-state index contributed by atoms with van der Waals surface area (Å²) < 4.78 is 0. The summed E-state index contributed by atoms with van der Waals surface area (Å²) in [4.78, 5) is 0. The van der Waals surface area contributed by atoms with Crippen molar-refractivity contribution in [1.82, 2.24) is 0 Å². The van der Waals surface area contributed by atoms with E-state index in [1.165, 1.54) is 108 Å². The SMILES string of the molecule is CC(C)c1cc(C(C)C)c(-c2ccccc2P)c(C(C)C)c1-c1ccccc1.[CH-]1CCCCC1.[CH-]1CCCCC1.[Cl][Pd][Cl]. The van der Waals surface area contributed by atoms with E-state index in [0.29, 0.717) is 17.8 Å². The van der Waals surface area contributed by atoms with Crippen molar-refractivity contribution in [3.63, 3.8) is 0 Å².